The molecule has 0 amide bonds. The van der Waals surface area contributed by atoms with E-state index in [2.05, 4.69) is 38.6 Å². The van der Waals surface area contributed by atoms with Gasteiger partial charge in [-0.25, -0.2) is 22.6 Å². The number of hydrogen-bond acceptors (Lipinski definition) is 13. The van der Waals surface area contributed by atoms with Gasteiger partial charge in [0, 0.05) is 54.8 Å². The molecule has 12 unspecified atom stereocenters. The number of alkyl halides is 2. The van der Waals surface area contributed by atoms with Gasteiger partial charge in [0.25, 0.3) is 0 Å². The summed E-state index contributed by atoms with van der Waals surface area (Å²) in [5.41, 5.74) is 12.4. The first kappa shape index (κ1) is 36.5. The van der Waals surface area contributed by atoms with E-state index in [1.807, 2.05) is 0 Å². The molecule has 0 aromatic rings. The standard InChI is InChI=1S/C29H54F2N8O5S2/c1-16-14-23(37-36-16)33-26-25(44-4)27(38-12-10-17(32)11-13-38)35-28(34-26)45-22-9-8-18(15-20(22)30)46(42,43)29(2,3)19-6-5-7-21(24(19)31)39(40)41/h16-28,33-37H,5-15,32H2,1-4H3. The van der Waals surface area contributed by atoms with Crippen molar-refractivity contribution >= 4 is 21.6 Å². The number of thioether (sulfide) groups is 1. The number of methoxy groups -OCH3 is 1. The molecule has 3 heterocycles. The highest BCUT2D eigenvalue weighted by molar-refractivity contribution is 8.00. The molecular weight excluding hydrogens is 642 g/mol. The highest BCUT2D eigenvalue weighted by Gasteiger charge is 2.55. The molecule has 3 saturated heterocycles. The number of rotatable bonds is 10. The fraction of sp³-hybridized carbons (Fsp3) is 1.00. The van der Waals surface area contributed by atoms with Crippen LogP contribution in [0.15, 0.2) is 0 Å². The molecule has 0 aromatic heterocycles. The van der Waals surface area contributed by atoms with E-state index in [9.17, 15) is 18.5 Å². The molecule has 0 spiro atoms. The minimum Gasteiger partial charge on any atom is -0.375 e. The van der Waals surface area contributed by atoms with Crippen LogP contribution in [0.25, 0.3) is 0 Å². The van der Waals surface area contributed by atoms with Gasteiger partial charge < -0.3 is 10.5 Å². The predicted molar refractivity (Wildman–Crippen MR) is 174 cm³/mol. The smallest absolute Gasteiger partial charge is 0.244 e. The number of nitrogens with two attached hydrogens (primary N) is 1. The second-order valence-corrected chi connectivity index (χ2v) is 18.6. The zero-order chi connectivity index (χ0) is 33.4. The zero-order valence-corrected chi connectivity index (χ0v) is 29.0. The number of halogens is 2. The topological polar surface area (TPSA) is 176 Å². The zero-order valence-electron chi connectivity index (χ0n) is 27.4. The number of nitro groups is 1. The van der Waals surface area contributed by atoms with Crippen molar-refractivity contribution in [2.45, 2.75) is 154 Å². The first-order valence-corrected chi connectivity index (χ1v) is 19.3. The maximum absolute atomic E-state index is 16.0. The lowest BCUT2D eigenvalue weighted by molar-refractivity contribution is -0.536. The highest BCUT2D eigenvalue weighted by atomic mass is 32.2. The van der Waals surface area contributed by atoms with E-state index in [0.717, 1.165) is 32.4 Å². The van der Waals surface area contributed by atoms with Crippen molar-refractivity contribution in [3.8, 4) is 0 Å². The van der Waals surface area contributed by atoms with Crippen molar-refractivity contribution in [3.05, 3.63) is 10.1 Å². The Morgan fingerprint density at radius 3 is 2.39 bits per heavy atom. The van der Waals surface area contributed by atoms with Crippen LogP contribution in [0.5, 0.6) is 0 Å². The Labute approximate surface area is 276 Å². The Kier molecular flexibility index (Phi) is 11.9. The third-order valence-electron chi connectivity index (χ3n) is 11.1. The quantitative estimate of drug-likeness (QED) is 0.143. The Morgan fingerprint density at radius 2 is 1.78 bits per heavy atom. The van der Waals surface area contributed by atoms with E-state index in [-0.39, 0.29) is 61.8 Å². The van der Waals surface area contributed by atoms with E-state index < -0.39 is 54.3 Å². The van der Waals surface area contributed by atoms with E-state index in [4.69, 9.17) is 10.5 Å². The fourth-order valence-corrected chi connectivity index (χ4v) is 11.9. The minimum atomic E-state index is -4.00. The third kappa shape index (κ3) is 7.68. The van der Waals surface area contributed by atoms with Crippen LogP contribution in [0.2, 0.25) is 0 Å². The molecule has 46 heavy (non-hydrogen) atoms. The summed E-state index contributed by atoms with van der Waals surface area (Å²) in [5.74, 6) is -1.01. The molecule has 17 heteroatoms. The number of likely N-dealkylation sites (tertiary alicyclic amines) is 1. The molecule has 5 fully saturated rings. The Hall–Kier alpha value is -0.760. The van der Waals surface area contributed by atoms with Crippen LogP contribution in [-0.4, -0.2) is 114 Å². The van der Waals surface area contributed by atoms with Crippen LogP contribution in [0.1, 0.15) is 78.6 Å². The Bertz CT molecular complexity index is 1150. The molecule has 2 aliphatic carbocycles. The average Bonchev–Trinajstić information content (AvgIpc) is 3.42. The van der Waals surface area contributed by atoms with Gasteiger partial charge in [0.2, 0.25) is 6.04 Å². The van der Waals surface area contributed by atoms with Crippen LogP contribution in [-0.2, 0) is 14.6 Å². The molecule has 12 atom stereocenters. The summed E-state index contributed by atoms with van der Waals surface area (Å²) >= 11 is 1.43. The largest absolute Gasteiger partial charge is 0.375 e. The maximum atomic E-state index is 16.0. The number of piperidine rings is 1. The van der Waals surface area contributed by atoms with Gasteiger partial charge in [-0.05, 0) is 72.1 Å². The number of hydrazine groups is 1. The normalized spacial score (nSPS) is 42.2. The molecule has 5 rings (SSSR count). The van der Waals surface area contributed by atoms with Crippen molar-refractivity contribution in [3.63, 3.8) is 0 Å². The Morgan fingerprint density at radius 1 is 1.07 bits per heavy atom. The van der Waals surface area contributed by atoms with Crippen molar-refractivity contribution in [2.75, 3.05) is 20.2 Å². The Balaban J connectivity index is 1.26. The lowest BCUT2D eigenvalue weighted by Gasteiger charge is -2.50. The summed E-state index contributed by atoms with van der Waals surface area (Å²) in [6, 6.07) is -0.937. The summed E-state index contributed by atoms with van der Waals surface area (Å²) in [6.07, 6.45) is -0.0944. The molecule has 0 aromatic carbocycles. The lowest BCUT2D eigenvalue weighted by atomic mass is 9.77. The second-order valence-electron chi connectivity index (χ2n) is 14.5. The molecule has 5 aliphatic rings. The van der Waals surface area contributed by atoms with Gasteiger partial charge in [0.1, 0.15) is 17.8 Å². The van der Waals surface area contributed by atoms with Gasteiger partial charge in [-0.15, -0.1) is 11.8 Å². The van der Waals surface area contributed by atoms with Crippen LogP contribution in [0.3, 0.4) is 0 Å². The number of nitrogens with zero attached hydrogens (tertiary/aromatic N) is 2. The van der Waals surface area contributed by atoms with Crippen molar-refractivity contribution in [2.24, 2.45) is 11.7 Å². The van der Waals surface area contributed by atoms with E-state index >= 15 is 8.78 Å². The molecule has 7 N–H and O–H groups in total. The van der Waals surface area contributed by atoms with Crippen LogP contribution >= 0.6 is 11.8 Å². The van der Waals surface area contributed by atoms with Gasteiger partial charge in [-0.3, -0.25) is 36.4 Å². The lowest BCUT2D eigenvalue weighted by Crippen LogP contribution is -2.75. The fourth-order valence-electron chi connectivity index (χ4n) is 8.16. The van der Waals surface area contributed by atoms with Gasteiger partial charge in [-0.1, -0.05) is 0 Å². The van der Waals surface area contributed by atoms with Gasteiger partial charge in [0.05, 0.1) is 28.5 Å². The minimum absolute atomic E-state index is 0.0102. The summed E-state index contributed by atoms with van der Waals surface area (Å²) in [4.78, 5) is 13.1. The van der Waals surface area contributed by atoms with Gasteiger partial charge in [0.15, 0.2) is 16.0 Å². The van der Waals surface area contributed by atoms with Crippen molar-refractivity contribution < 1.29 is 26.9 Å². The SMILES string of the molecule is COC1C(NC2CC(C)NN2)NC(SC2CCC(S(=O)(=O)C(C)(C)C3CCCC([N+](=O)[O-])C3F)CC2F)NC1N1CCC(N)CC1. The molecule has 0 radical (unpaired) electrons. The third-order valence-corrected chi connectivity index (χ3v) is 15.6. The predicted octanol–water partition coefficient (Wildman–Crippen LogP) is 1.32. The van der Waals surface area contributed by atoms with E-state index in [0.29, 0.717) is 18.9 Å². The summed E-state index contributed by atoms with van der Waals surface area (Å²) in [6.45, 7) is 6.67. The summed E-state index contributed by atoms with van der Waals surface area (Å²) in [7, 11) is -2.30. The van der Waals surface area contributed by atoms with Crippen LogP contribution < -0.4 is 32.5 Å². The van der Waals surface area contributed by atoms with Crippen LogP contribution in [0.4, 0.5) is 8.78 Å². The summed E-state index contributed by atoms with van der Waals surface area (Å²) in [5, 5.41) is 20.9. The van der Waals surface area contributed by atoms with E-state index in [1.54, 1.807) is 7.11 Å². The second kappa shape index (κ2) is 15.0. The van der Waals surface area contributed by atoms with Gasteiger partial charge >= 0.3 is 0 Å². The molecule has 13 nitrogen and oxygen atoms in total. The first-order chi connectivity index (χ1) is 21.7. The van der Waals surface area contributed by atoms with Crippen molar-refractivity contribution in [1.82, 2.24) is 31.7 Å². The molecular formula is C29H54F2N8O5S2. The summed E-state index contributed by atoms with van der Waals surface area (Å²) < 4.78 is 63.7. The van der Waals surface area contributed by atoms with Crippen LogP contribution in [0, 0.1) is 16.0 Å². The molecule has 0 bridgehead atoms. The monoisotopic (exact) mass is 696 g/mol. The van der Waals surface area contributed by atoms with Gasteiger partial charge in [-0.2, -0.15) is 0 Å². The molecule has 2 saturated carbocycles. The first-order valence-electron chi connectivity index (χ1n) is 16.8. The number of hydrogen-bond donors (Lipinski definition) is 6. The number of nitrogens with one attached hydrogen (secondary N) is 5. The number of ether oxygens (including phenoxy) is 1. The molecule has 266 valence electrons. The van der Waals surface area contributed by atoms with E-state index in [1.165, 1.54) is 25.6 Å². The molecule has 3 aliphatic heterocycles. The maximum Gasteiger partial charge on any atom is 0.244 e. The number of sulfone groups is 1. The van der Waals surface area contributed by atoms with Crippen molar-refractivity contribution in [1.29, 1.82) is 0 Å². The highest BCUT2D eigenvalue weighted by Crippen LogP contribution is 2.45. The average molecular weight is 697 g/mol.